The third-order valence-electron chi connectivity index (χ3n) is 2.64. The predicted molar refractivity (Wildman–Crippen MR) is 57.0 cm³/mol. The van der Waals surface area contributed by atoms with E-state index < -0.39 is 36.8 Å². The second-order valence-electron chi connectivity index (χ2n) is 3.77. The van der Waals surface area contributed by atoms with Crippen molar-refractivity contribution in [1.29, 1.82) is 0 Å². The van der Waals surface area contributed by atoms with Gasteiger partial charge in [0.25, 0.3) is 0 Å². The van der Waals surface area contributed by atoms with Gasteiger partial charge in [-0.25, -0.2) is 4.79 Å². The topological polar surface area (TPSA) is 131 Å². The molecule has 96 valence electrons. The van der Waals surface area contributed by atoms with Crippen LogP contribution >= 0.6 is 0 Å². The fourth-order valence-electron chi connectivity index (χ4n) is 1.73. The molecule has 1 saturated heterocycles. The zero-order valence-corrected chi connectivity index (χ0v) is 12.9. The van der Waals surface area contributed by atoms with Gasteiger partial charge in [0.2, 0.25) is 0 Å². The van der Waals surface area contributed by atoms with E-state index in [4.69, 9.17) is 15.6 Å². The molecule has 0 saturated carbocycles. The van der Waals surface area contributed by atoms with Gasteiger partial charge in [-0.15, -0.1) is 0 Å². The summed E-state index contributed by atoms with van der Waals surface area (Å²) in [5.74, 6) is 0.0537. The molecule has 2 heterocycles. The number of aliphatic hydroxyl groups is 3. The summed E-state index contributed by atoms with van der Waals surface area (Å²) in [6, 6.07) is 1.37. The van der Waals surface area contributed by atoms with Gasteiger partial charge in [-0.3, -0.25) is 4.57 Å². The molecule has 0 bridgehead atoms. The number of aliphatic hydroxyl groups excluding tert-OH is 3. The summed E-state index contributed by atoms with van der Waals surface area (Å²) in [5.41, 5.74) is 4.63. The van der Waals surface area contributed by atoms with E-state index in [9.17, 15) is 15.0 Å². The second-order valence-corrected chi connectivity index (χ2v) is 3.77. The summed E-state index contributed by atoms with van der Waals surface area (Å²) < 4.78 is 6.19. The number of nitrogens with zero attached hydrogens (tertiary/aromatic N) is 2. The SMILES string of the molecule is Nc1ccn([C@@H]2O[C@H](CO)[C@@H](O)[C@H]2O)c(=O)n1.[H-].[K+]. The molecule has 0 aromatic carbocycles. The van der Waals surface area contributed by atoms with Crippen LogP contribution in [0.1, 0.15) is 7.65 Å². The number of nitrogens with two attached hydrogens (primary N) is 1. The average Bonchev–Trinajstić information content (AvgIpc) is 2.57. The Morgan fingerprint density at radius 1 is 1.50 bits per heavy atom. The van der Waals surface area contributed by atoms with Gasteiger partial charge in [-0.05, 0) is 6.07 Å². The number of ether oxygens (including phenoxy) is 1. The summed E-state index contributed by atoms with van der Waals surface area (Å²) >= 11 is 0. The van der Waals surface area contributed by atoms with Crippen molar-refractivity contribution in [2.45, 2.75) is 24.5 Å². The van der Waals surface area contributed by atoms with Crippen molar-refractivity contribution in [3.8, 4) is 0 Å². The molecule has 0 aliphatic carbocycles. The molecular weight excluding hydrogens is 269 g/mol. The molecule has 1 aromatic heterocycles. The summed E-state index contributed by atoms with van der Waals surface area (Å²) in [7, 11) is 0. The first kappa shape index (κ1) is 16.2. The van der Waals surface area contributed by atoms with Crippen LogP contribution in [0.15, 0.2) is 17.1 Å². The molecule has 2 rings (SSSR count). The molecule has 0 spiro atoms. The maximum atomic E-state index is 11.5. The van der Waals surface area contributed by atoms with Crippen molar-refractivity contribution in [2.75, 3.05) is 12.3 Å². The smallest absolute Gasteiger partial charge is 1.00 e. The zero-order valence-electron chi connectivity index (χ0n) is 10.8. The van der Waals surface area contributed by atoms with Crippen molar-refractivity contribution >= 4 is 5.82 Å². The van der Waals surface area contributed by atoms with Crippen LogP contribution in [0.3, 0.4) is 0 Å². The molecular formula is C9H14KN3O5. The molecule has 0 radical (unpaired) electrons. The van der Waals surface area contributed by atoms with Crippen LogP contribution in [-0.4, -0.2) is 49.8 Å². The first-order valence-electron chi connectivity index (χ1n) is 5.01. The third kappa shape index (κ3) is 3.00. The summed E-state index contributed by atoms with van der Waals surface area (Å²) in [6.07, 6.45) is -3.27. The Kier molecular flexibility index (Phi) is 5.90. The van der Waals surface area contributed by atoms with Crippen LogP contribution in [0.5, 0.6) is 0 Å². The Morgan fingerprint density at radius 2 is 2.17 bits per heavy atom. The molecule has 1 aliphatic rings. The number of hydrogen-bond acceptors (Lipinski definition) is 7. The summed E-state index contributed by atoms with van der Waals surface area (Å²) in [6.45, 7) is -0.453. The number of hydrogen-bond donors (Lipinski definition) is 4. The summed E-state index contributed by atoms with van der Waals surface area (Å²) in [5, 5.41) is 28.2. The van der Waals surface area contributed by atoms with Crippen LogP contribution in [0.25, 0.3) is 0 Å². The standard InChI is InChI=1S/C9H13N3O5.K.H/c10-5-1-2-12(9(16)11-5)8-7(15)6(14)4(3-13)17-8;;/h1-2,4,6-8,13-15H,3H2,(H2,10,11,16);;/q;+1;-1/t4-,6-,7-,8-;;/m1../s1. The largest absolute Gasteiger partial charge is 1.00 e. The Labute approximate surface area is 146 Å². The second kappa shape index (κ2) is 6.55. The van der Waals surface area contributed by atoms with E-state index in [-0.39, 0.29) is 58.6 Å². The predicted octanol–water partition coefficient (Wildman–Crippen LogP) is -5.45. The average molecular weight is 283 g/mol. The maximum absolute atomic E-state index is 11.5. The molecule has 1 fully saturated rings. The molecule has 8 nitrogen and oxygen atoms in total. The number of nitrogen functional groups attached to an aromatic ring is 1. The minimum atomic E-state index is -1.31. The first-order valence-corrected chi connectivity index (χ1v) is 5.01. The number of rotatable bonds is 2. The normalized spacial score (nSPS) is 31.1. The molecule has 1 aliphatic heterocycles. The van der Waals surface area contributed by atoms with Gasteiger partial charge in [-0.1, -0.05) is 0 Å². The third-order valence-corrected chi connectivity index (χ3v) is 2.64. The van der Waals surface area contributed by atoms with Gasteiger partial charge in [0.15, 0.2) is 6.23 Å². The molecule has 1 aromatic rings. The van der Waals surface area contributed by atoms with Crippen LogP contribution in [0, 0.1) is 0 Å². The van der Waals surface area contributed by atoms with Gasteiger partial charge in [0.05, 0.1) is 6.61 Å². The van der Waals surface area contributed by atoms with Crippen LogP contribution in [0.2, 0.25) is 0 Å². The number of aromatic nitrogens is 2. The van der Waals surface area contributed by atoms with E-state index in [0.717, 1.165) is 4.57 Å². The quantitative estimate of drug-likeness (QED) is 0.398. The van der Waals surface area contributed by atoms with Crippen molar-refractivity contribution in [2.24, 2.45) is 0 Å². The molecule has 4 atom stereocenters. The fourth-order valence-corrected chi connectivity index (χ4v) is 1.73. The minimum Gasteiger partial charge on any atom is -1.00 e. The van der Waals surface area contributed by atoms with Crippen molar-refractivity contribution < 1.29 is 72.9 Å². The van der Waals surface area contributed by atoms with E-state index >= 15 is 0 Å². The van der Waals surface area contributed by atoms with Crippen LogP contribution < -0.4 is 62.8 Å². The van der Waals surface area contributed by atoms with Crippen LogP contribution in [-0.2, 0) is 4.74 Å². The van der Waals surface area contributed by atoms with Gasteiger partial charge < -0.3 is 27.2 Å². The Morgan fingerprint density at radius 3 is 2.67 bits per heavy atom. The molecule has 5 N–H and O–H groups in total. The summed E-state index contributed by atoms with van der Waals surface area (Å²) in [4.78, 5) is 15.0. The maximum Gasteiger partial charge on any atom is 1.00 e. The van der Waals surface area contributed by atoms with Crippen molar-refractivity contribution in [3.05, 3.63) is 22.7 Å². The van der Waals surface area contributed by atoms with Gasteiger partial charge in [0.1, 0.15) is 24.1 Å². The van der Waals surface area contributed by atoms with E-state index in [1.165, 1.54) is 12.3 Å². The van der Waals surface area contributed by atoms with Crippen LogP contribution in [0.4, 0.5) is 5.82 Å². The molecule has 0 unspecified atom stereocenters. The van der Waals surface area contributed by atoms with E-state index in [2.05, 4.69) is 4.98 Å². The van der Waals surface area contributed by atoms with Gasteiger partial charge in [0, 0.05) is 6.20 Å². The van der Waals surface area contributed by atoms with E-state index in [0.29, 0.717) is 0 Å². The Hall–Kier alpha value is 0.156. The Balaban J connectivity index is 0.00000162. The fraction of sp³-hybridized carbons (Fsp3) is 0.556. The minimum absolute atomic E-state index is 0. The molecule has 18 heavy (non-hydrogen) atoms. The van der Waals surface area contributed by atoms with Crippen molar-refractivity contribution in [3.63, 3.8) is 0 Å². The van der Waals surface area contributed by atoms with Gasteiger partial charge in [-0.2, -0.15) is 4.98 Å². The first-order chi connectivity index (χ1) is 8.04. The molecule has 9 heteroatoms. The van der Waals surface area contributed by atoms with E-state index in [1.54, 1.807) is 0 Å². The molecule has 0 amide bonds. The van der Waals surface area contributed by atoms with Gasteiger partial charge >= 0.3 is 57.1 Å². The monoisotopic (exact) mass is 283 g/mol. The van der Waals surface area contributed by atoms with E-state index in [1.807, 2.05) is 0 Å². The zero-order chi connectivity index (χ0) is 12.6. The number of anilines is 1. The van der Waals surface area contributed by atoms with Crippen molar-refractivity contribution in [1.82, 2.24) is 9.55 Å². The Bertz CT molecular complexity index is 473.